The van der Waals surface area contributed by atoms with Gasteiger partial charge in [0, 0.05) is 37.8 Å². The molecule has 0 saturated carbocycles. The second-order valence-electron chi connectivity index (χ2n) is 4.87. The Balaban J connectivity index is 0.00000110. The summed E-state index contributed by atoms with van der Waals surface area (Å²) in [6, 6.07) is 9.76. The molecule has 0 amide bonds. The van der Waals surface area contributed by atoms with Crippen molar-refractivity contribution >= 4 is 35.7 Å². The van der Waals surface area contributed by atoms with Gasteiger partial charge in [0.15, 0.2) is 0 Å². The average Bonchev–Trinajstić information content (AvgIpc) is 2.49. The van der Waals surface area contributed by atoms with Crippen molar-refractivity contribution < 1.29 is 4.39 Å². The van der Waals surface area contributed by atoms with Gasteiger partial charge in [-0.05, 0) is 17.7 Å². The lowest BCUT2D eigenvalue weighted by molar-refractivity contribution is 0.148. The highest BCUT2D eigenvalue weighted by Crippen LogP contribution is 2.27. The Labute approximate surface area is 136 Å². The summed E-state index contributed by atoms with van der Waals surface area (Å²) in [5, 5.41) is 4.37. The Morgan fingerprint density at radius 3 is 2.57 bits per heavy atom. The third kappa shape index (κ3) is 3.83. The maximum absolute atomic E-state index is 13.6. The summed E-state index contributed by atoms with van der Waals surface area (Å²) in [6.07, 6.45) is 1.78. The summed E-state index contributed by atoms with van der Waals surface area (Å²) in [7, 11) is 0. The molecule has 1 aromatic carbocycles. The van der Waals surface area contributed by atoms with Crippen LogP contribution in [0.5, 0.6) is 0 Å². The minimum absolute atomic E-state index is 0. The molecule has 116 valence electrons. The van der Waals surface area contributed by atoms with Gasteiger partial charge in [0.05, 0.1) is 11.6 Å². The summed E-state index contributed by atoms with van der Waals surface area (Å²) in [4.78, 5) is 6.57. The molecular weight excluding hydrogens is 312 g/mol. The van der Waals surface area contributed by atoms with E-state index in [1.807, 2.05) is 30.3 Å². The van der Waals surface area contributed by atoms with E-state index in [1.54, 1.807) is 6.20 Å². The monoisotopic (exact) mass is 331 g/mol. The molecule has 0 aliphatic carbocycles. The van der Waals surface area contributed by atoms with Gasteiger partial charge in [-0.1, -0.05) is 18.2 Å². The molecule has 1 aliphatic heterocycles. The standard InChI is InChI=1S/C15H18FN3.2ClH/c16-11-15(19-9-7-17-8-10-19)13-5-6-18-14-4-2-1-3-12(13)14;;/h1-6,15,17H,7-11H2;2*1H/t15-;;/m1../s1. The van der Waals surface area contributed by atoms with Gasteiger partial charge in [0.2, 0.25) is 0 Å². The van der Waals surface area contributed by atoms with Crippen LogP contribution in [0.25, 0.3) is 10.9 Å². The molecule has 1 fully saturated rings. The summed E-state index contributed by atoms with van der Waals surface area (Å²) >= 11 is 0. The first-order valence-corrected chi connectivity index (χ1v) is 6.74. The number of hydrogen-bond acceptors (Lipinski definition) is 3. The highest BCUT2D eigenvalue weighted by Gasteiger charge is 2.23. The predicted octanol–water partition coefficient (Wildman–Crippen LogP) is 2.99. The van der Waals surface area contributed by atoms with Crippen molar-refractivity contribution in [2.75, 3.05) is 32.9 Å². The number of halogens is 3. The fourth-order valence-electron chi connectivity index (χ4n) is 2.78. The topological polar surface area (TPSA) is 28.2 Å². The average molecular weight is 332 g/mol. The zero-order valence-electron chi connectivity index (χ0n) is 11.7. The first-order chi connectivity index (χ1) is 9.40. The van der Waals surface area contributed by atoms with Crippen LogP contribution in [0.15, 0.2) is 36.5 Å². The van der Waals surface area contributed by atoms with E-state index in [-0.39, 0.29) is 37.5 Å². The Kier molecular flexibility index (Phi) is 7.32. The van der Waals surface area contributed by atoms with Crippen LogP contribution in [0.3, 0.4) is 0 Å². The molecule has 0 spiro atoms. The van der Waals surface area contributed by atoms with Gasteiger partial charge in [-0.25, -0.2) is 4.39 Å². The first-order valence-electron chi connectivity index (χ1n) is 6.74. The minimum Gasteiger partial charge on any atom is -0.314 e. The predicted molar refractivity (Wildman–Crippen MR) is 89.4 cm³/mol. The fourth-order valence-corrected chi connectivity index (χ4v) is 2.78. The maximum Gasteiger partial charge on any atom is 0.109 e. The number of fused-ring (bicyclic) bond motifs is 1. The Morgan fingerprint density at radius 2 is 1.86 bits per heavy atom. The number of aromatic nitrogens is 1. The van der Waals surface area contributed by atoms with Gasteiger partial charge in [0.1, 0.15) is 6.67 Å². The van der Waals surface area contributed by atoms with Crippen molar-refractivity contribution in [2.45, 2.75) is 6.04 Å². The number of pyridine rings is 1. The van der Waals surface area contributed by atoms with Gasteiger partial charge >= 0.3 is 0 Å². The Bertz CT molecular complexity index is 556. The quantitative estimate of drug-likeness (QED) is 0.937. The van der Waals surface area contributed by atoms with Crippen LogP contribution in [-0.4, -0.2) is 42.7 Å². The first kappa shape index (κ1) is 18.1. The minimum atomic E-state index is -0.353. The Morgan fingerprint density at radius 1 is 1.14 bits per heavy atom. The molecule has 21 heavy (non-hydrogen) atoms. The zero-order valence-corrected chi connectivity index (χ0v) is 13.3. The van der Waals surface area contributed by atoms with Crippen molar-refractivity contribution in [3.05, 3.63) is 42.1 Å². The molecule has 2 heterocycles. The summed E-state index contributed by atoms with van der Waals surface area (Å²) in [5.74, 6) is 0. The Hall–Kier alpha value is -0.940. The second-order valence-corrected chi connectivity index (χ2v) is 4.87. The highest BCUT2D eigenvalue weighted by atomic mass is 35.5. The van der Waals surface area contributed by atoms with Crippen molar-refractivity contribution in [3.8, 4) is 0 Å². The molecule has 1 saturated heterocycles. The number of nitrogens with zero attached hydrogens (tertiary/aromatic N) is 2. The number of piperazine rings is 1. The summed E-state index contributed by atoms with van der Waals surface area (Å²) < 4.78 is 13.6. The van der Waals surface area contributed by atoms with Crippen LogP contribution in [0.2, 0.25) is 0 Å². The van der Waals surface area contributed by atoms with E-state index in [2.05, 4.69) is 15.2 Å². The molecule has 6 heteroatoms. The van der Waals surface area contributed by atoms with Crippen LogP contribution < -0.4 is 5.32 Å². The molecule has 3 nitrogen and oxygen atoms in total. The summed E-state index contributed by atoms with van der Waals surface area (Å²) in [5.41, 5.74) is 1.99. The van der Waals surface area contributed by atoms with Gasteiger partial charge in [-0.15, -0.1) is 24.8 Å². The molecule has 1 aliphatic rings. The molecule has 1 N–H and O–H groups in total. The largest absolute Gasteiger partial charge is 0.314 e. The van der Waals surface area contributed by atoms with E-state index in [1.165, 1.54) is 0 Å². The fraction of sp³-hybridized carbons (Fsp3) is 0.400. The number of hydrogen-bond donors (Lipinski definition) is 1. The van der Waals surface area contributed by atoms with Crippen LogP contribution in [0.1, 0.15) is 11.6 Å². The lowest BCUT2D eigenvalue weighted by atomic mass is 10.0. The maximum atomic E-state index is 13.6. The lowest BCUT2D eigenvalue weighted by Gasteiger charge is -2.34. The van der Waals surface area contributed by atoms with E-state index in [0.29, 0.717) is 0 Å². The zero-order chi connectivity index (χ0) is 13.1. The smallest absolute Gasteiger partial charge is 0.109 e. The van der Waals surface area contributed by atoms with Gasteiger partial charge < -0.3 is 5.32 Å². The molecule has 2 aromatic rings. The number of rotatable bonds is 3. The molecule has 0 unspecified atom stereocenters. The molecule has 0 bridgehead atoms. The summed E-state index contributed by atoms with van der Waals surface area (Å²) in [6.45, 7) is 3.30. The van der Waals surface area contributed by atoms with Crippen molar-refractivity contribution in [1.82, 2.24) is 15.2 Å². The number of alkyl halides is 1. The van der Waals surface area contributed by atoms with Crippen molar-refractivity contribution in [1.29, 1.82) is 0 Å². The van der Waals surface area contributed by atoms with Crippen molar-refractivity contribution in [3.63, 3.8) is 0 Å². The van der Waals surface area contributed by atoms with E-state index >= 15 is 0 Å². The third-order valence-electron chi connectivity index (χ3n) is 3.78. The van der Waals surface area contributed by atoms with E-state index < -0.39 is 0 Å². The number of nitrogens with one attached hydrogen (secondary N) is 1. The van der Waals surface area contributed by atoms with Gasteiger partial charge in [-0.3, -0.25) is 9.88 Å². The van der Waals surface area contributed by atoms with E-state index in [4.69, 9.17) is 0 Å². The second kappa shape index (κ2) is 8.49. The number of benzene rings is 1. The molecule has 1 atom stereocenters. The third-order valence-corrected chi connectivity index (χ3v) is 3.78. The van der Waals surface area contributed by atoms with Gasteiger partial charge in [0.25, 0.3) is 0 Å². The molecular formula is C15H20Cl2FN3. The highest BCUT2D eigenvalue weighted by molar-refractivity contribution is 5.85. The SMILES string of the molecule is Cl.Cl.FC[C@H](c1ccnc2ccccc12)N1CCNCC1. The van der Waals surface area contributed by atoms with Crippen LogP contribution >= 0.6 is 24.8 Å². The lowest BCUT2D eigenvalue weighted by Crippen LogP contribution is -2.45. The van der Waals surface area contributed by atoms with Gasteiger partial charge in [-0.2, -0.15) is 0 Å². The molecule has 0 radical (unpaired) electrons. The van der Waals surface area contributed by atoms with E-state index in [0.717, 1.165) is 42.6 Å². The normalized spacial score (nSPS) is 16.8. The van der Waals surface area contributed by atoms with E-state index in [9.17, 15) is 4.39 Å². The van der Waals surface area contributed by atoms with Crippen LogP contribution in [0, 0.1) is 0 Å². The van der Waals surface area contributed by atoms with Crippen LogP contribution in [-0.2, 0) is 0 Å². The molecule has 1 aromatic heterocycles. The van der Waals surface area contributed by atoms with Crippen molar-refractivity contribution in [2.24, 2.45) is 0 Å². The van der Waals surface area contributed by atoms with Crippen LogP contribution in [0.4, 0.5) is 4.39 Å². The molecule has 3 rings (SSSR count). The number of para-hydroxylation sites is 1.